The summed E-state index contributed by atoms with van der Waals surface area (Å²) < 4.78 is 5.94. The van der Waals surface area contributed by atoms with Gasteiger partial charge in [0.2, 0.25) is 0 Å². The van der Waals surface area contributed by atoms with Crippen molar-refractivity contribution in [3.8, 4) is 22.6 Å². The summed E-state index contributed by atoms with van der Waals surface area (Å²) >= 11 is 0. The van der Waals surface area contributed by atoms with Gasteiger partial charge in [-0.3, -0.25) is 0 Å². The maximum atomic E-state index is 5.94. The number of aromatic nitrogens is 3. The second-order valence-corrected chi connectivity index (χ2v) is 6.27. The topological polar surface area (TPSA) is 39.9 Å². The van der Waals surface area contributed by atoms with E-state index in [0.29, 0.717) is 6.61 Å². The van der Waals surface area contributed by atoms with Crippen molar-refractivity contribution in [3.05, 3.63) is 84.9 Å². The molecule has 1 aromatic heterocycles. The van der Waals surface area contributed by atoms with Crippen LogP contribution in [0.25, 0.3) is 27.8 Å². The summed E-state index contributed by atoms with van der Waals surface area (Å²) in [5.74, 6) is 0.730. The lowest BCUT2D eigenvalue weighted by Crippen LogP contribution is -2.05. The molecular formula is C22H19N3O. The molecular weight excluding hydrogens is 322 g/mol. The molecule has 1 heterocycles. The first-order valence-electron chi connectivity index (χ1n) is 8.50. The van der Waals surface area contributed by atoms with E-state index in [1.165, 1.54) is 0 Å². The van der Waals surface area contributed by atoms with Gasteiger partial charge in [0.1, 0.15) is 29.1 Å². The molecule has 0 saturated heterocycles. The van der Waals surface area contributed by atoms with Crippen LogP contribution in [0.15, 0.2) is 84.9 Å². The molecule has 0 atom stereocenters. The fourth-order valence-corrected chi connectivity index (χ4v) is 2.77. The van der Waals surface area contributed by atoms with Crippen LogP contribution in [-0.4, -0.2) is 21.6 Å². The molecule has 0 aliphatic carbocycles. The van der Waals surface area contributed by atoms with E-state index < -0.39 is 0 Å². The van der Waals surface area contributed by atoms with Crippen molar-refractivity contribution in [2.45, 2.75) is 6.92 Å². The number of rotatable bonds is 5. The zero-order valence-electron chi connectivity index (χ0n) is 14.6. The van der Waals surface area contributed by atoms with Gasteiger partial charge in [0, 0.05) is 0 Å². The monoisotopic (exact) mass is 341 g/mol. The zero-order valence-corrected chi connectivity index (χ0v) is 14.6. The molecule has 26 heavy (non-hydrogen) atoms. The second kappa shape index (κ2) is 6.84. The van der Waals surface area contributed by atoms with E-state index in [1.54, 1.807) is 4.80 Å². The number of hydrogen-bond acceptors (Lipinski definition) is 3. The molecule has 0 saturated carbocycles. The minimum absolute atomic E-state index is 0.457. The smallest absolute Gasteiger partial charge is 0.147 e. The molecule has 4 nitrogen and oxygen atoms in total. The highest BCUT2D eigenvalue weighted by molar-refractivity contribution is 5.74. The van der Waals surface area contributed by atoms with E-state index in [-0.39, 0.29) is 0 Å². The van der Waals surface area contributed by atoms with Crippen LogP contribution in [-0.2, 0) is 0 Å². The van der Waals surface area contributed by atoms with Crippen LogP contribution in [0.5, 0.6) is 5.75 Å². The second-order valence-electron chi connectivity index (χ2n) is 6.27. The van der Waals surface area contributed by atoms with Crippen LogP contribution in [0.4, 0.5) is 0 Å². The van der Waals surface area contributed by atoms with Gasteiger partial charge in [-0.05, 0) is 47.9 Å². The molecule has 0 spiro atoms. The van der Waals surface area contributed by atoms with Gasteiger partial charge in [-0.15, -0.1) is 15.0 Å². The highest BCUT2D eigenvalue weighted by Crippen LogP contribution is 2.29. The van der Waals surface area contributed by atoms with Crippen molar-refractivity contribution in [1.82, 2.24) is 15.0 Å². The number of fused-ring (bicyclic) bond motifs is 1. The number of nitrogens with zero attached hydrogens (tertiary/aromatic N) is 3. The normalized spacial score (nSPS) is 10.8. The molecule has 3 aromatic carbocycles. The van der Waals surface area contributed by atoms with Gasteiger partial charge in [0.15, 0.2) is 0 Å². The first kappa shape index (κ1) is 16.1. The van der Waals surface area contributed by atoms with Crippen LogP contribution in [0, 0.1) is 0 Å². The average Bonchev–Trinajstić information content (AvgIpc) is 3.11. The first-order valence-corrected chi connectivity index (χ1v) is 8.50. The van der Waals surface area contributed by atoms with Gasteiger partial charge in [-0.2, -0.15) is 0 Å². The van der Waals surface area contributed by atoms with Crippen LogP contribution in [0.2, 0.25) is 0 Å². The van der Waals surface area contributed by atoms with Gasteiger partial charge < -0.3 is 4.74 Å². The molecule has 0 N–H and O–H groups in total. The Morgan fingerprint density at radius 2 is 1.54 bits per heavy atom. The first-order chi connectivity index (χ1) is 12.7. The number of benzene rings is 3. The third kappa shape index (κ3) is 3.22. The molecule has 0 aliphatic heterocycles. The summed E-state index contributed by atoms with van der Waals surface area (Å²) in [6.07, 6.45) is 0. The minimum atomic E-state index is 0.457. The van der Waals surface area contributed by atoms with E-state index in [9.17, 15) is 0 Å². The summed E-state index contributed by atoms with van der Waals surface area (Å²) in [4.78, 5) is 1.64. The molecule has 4 aromatic rings. The molecule has 128 valence electrons. The molecule has 0 aliphatic rings. The Morgan fingerprint density at radius 1 is 0.885 bits per heavy atom. The van der Waals surface area contributed by atoms with Gasteiger partial charge in [-0.1, -0.05) is 55.1 Å². The lowest BCUT2D eigenvalue weighted by Gasteiger charge is -2.12. The van der Waals surface area contributed by atoms with Gasteiger partial charge in [0.05, 0.1) is 0 Å². The average molecular weight is 341 g/mol. The Morgan fingerprint density at radius 3 is 2.19 bits per heavy atom. The number of hydrogen-bond donors (Lipinski definition) is 0. The summed E-state index contributed by atoms with van der Waals surface area (Å²) in [6.45, 7) is 6.31. The molecule has 0 amide bonds. The molecule has 4 heteroatoms. The van der Waals surface area contributed by atoms with Crippen molar-refractivity contribution in [1.29, 1.82) is 0 Å². The van der Waals surface area contributed by atoms with Crippen molar-refractivity contribution in [3.63, 3.8) is 0 Å². The quantitative estimate of drug-likeness (QED) is 0.477. The van der Waals surface area contributed by atoms with E-state index in [4.69, 9.17) is 4.74 Å². The van der Waals surface area contributed by atoms with Crippen LogP contribution in [0.3, 0.4) is 0 Å². The van der Waals surface area contributed by atoms with E-state index in [2.05, 4.69) is 41.0 Å². The minimum Gasteiger partial charge on any atom is -0.487 e. The molecule has 4 rings (SSSR count). The van der Waals surface area contributed by atoms with Crippen LogP contribution in [0.1, 0.15) is 6.92 Å². The summed E-state index contributed by atoms with van der Waals surface area (Å²) in [7, 11) is 0. The summed E-state index contributed by atoms with van der Waals surface area (Å²) in [5.41, 5.74) is 5.69. The maximum absolute atomic E-state index is 5.94. The highest BCUT2D eigenvalue weighted by Gasteiger charge is 2.12. The van der Waals surface area contributed by atoms with E-state index in [0.717, 1.165) is 39.2 Å². The van der Waals surface area contributed by atoms with Gasteiger partial charge in [0.25, 0.3) is 0 Å². The van der Waals surface area contributed by atoms with Gasteiger partial charge in [-0.25, -0.2) is 0 Å². The predicted octanol–water partition coefficient (Wildman–Crippen LogP) is 5.04. The molecule has 0 bridgehead atoms. The zero-order chi connectivity index (χ0) is 17.9. The third-order valence-corrected chi connectivity index (χ3v) is 4.04. The van der Waals surface area contributed by atoms with Crippen LogP contribution >= 0.6 is 0 Å². The fourth-order valence-electron chi connectivity index (χ4n) is 2.77. The van der Waals surface area contributed by atoms with Crippen LogP contribution < -0.4 is 4.74 Å². The predicted molar refractivity (Wildman–Crippen MR) is 105 cm³/mol. The molecule has 0 unspecified atom stereocenters. The largest absolute Gasteiger partial charge is 0.487 e. The van der Waals surface area contributed by atoms with Gasteiger partial charge >= 0.3 is 0 Å². The standard InChI is InChI=1S/C22H19N3O/c1-16(2)15-26-22-13-12-18(17-8-4-3-5-9-17)14-21(22)25-23-19-10-6-7-11-20(19)24-25/h3-14H,1,15H2,2H3. The fraction of sp³-hybridized carbons (Fsp3) is 0.0909. The SMILES string of the molecule is C=C(C)COc1ccc(-c2ccccc2)cc1-n1nc2ccccc2n1. The molecule has 0 fully saturated rings. The Balaban J connectivity index is 1.83. The van der Waals surface area contributed by atoms with Crippen molar-refractivity contribution >= 4 is 11.0 Å². The Labute approximate surface area is 152 Å². The molecule has 0 radical (unpaired) electrons. The van der Waals surface area contributed by atoms with Crippen molar-refractivity contribution in [2.75, 3.05) is 6.61 Å². The summed E-state index contributed by atoms with van der Waals surface area (Å²) in [5, 5.41) is 9.22. The van der Waals surface area contributed by atoms with E-state index >= 15 is 0 Å². The van der Waals surface area contributed by atoms with E-state index in [1.807, 2.05) is 55.5 Å². The third-order valence-electron chi connectivity index (χ3n) is 4.04. The van der Waals surface area contributed by atoms with Crippen molar-refractivity contribution in [2.24, 2.45) is 0 Å². The number of ether oxygens (including phenoxy) is 1. The lowest BCUT2D eigenvalue weighted by atomic mass is 10.0. The Bertz CT molecular complexity index is 1030. The van der Waals surface area contributed by atoms with Crippen molar-refractivity contribution < 1.29 is 4.74 Å². The Kier molecular flexibility index (Phi) is 4.23. The Hall–Kier alpha value is -3.40. The lowest BCUT2D eigenvalue weighted by molar-refractivity contribution is 0.350. The highest BCUT2D eigenvalue weighted by atomic mass is 16.5. The summed E-state index contributed by atoms with van der Waals surface area (Å²) in [6, 6.07) is 24.1. The maximum Gasteiger partial charge on any atom is 0.147 e.